The molecule has 0 fully saturated rings. The number of furan rings is 1. The summed E-state index contributed by atoms with van der Waals surface area (Å²) in [5.74, 6) is -0.163. The number of anilines is 1. The van der Waals surface area contributed by atoms with E-state index in [-0.39, 0.29) is 22.8 Å². The Morgan fingerprint density at radius 1 is 1.38 bits per heavy atom. The van der Waals surface area contributed by atoms with Gasteiger partial charge in [0.15, 0.2) is 5.76 Å². The number of aromatic nitrogens is 2. The van der Waals surface area contributed by atoms with Gasteiger partial charge >= 0.3 is 0 Å². The molecule has 0 unspecified atom stereocenters. The monoisotopic (exact) mass is 390 g/mol. The first kappa shape index (κ1) is 16.1. The van der Waals surface area contributed by atoms with Crippen LogP contribution in [0.5, 0.6) is 5.75 Å². The Morgan fingerprint density at radius 2 is 2.08 bits per heavy atom. The van der Waals surface area contributed by atoms with Crippen molar-refractivity contribution in [1.82, 2.24) is 9.78 Å². The molecule has 8 heteroatoms. The van der Waals surface area contributed by atoms with E-state index in [0.717, 1.165) is 5.56 Å². The van der Waals surface area contributed by atoms with Gasteiger partial charge in [-0.1, -0.05) is 6.07 Å². The highest BCUT2D eigenvalue weighted by atomic mass is 79.9. The molecule has 0 aliphatic carbocycles. The first-order valence-corrected chi connectivity index (χ1v) is 7.82. The number of carbonyl (C=O) groups is 1. The molecule has 3 rings (SSSR count). The summed E-state index contributed by atoms with van der Waals surface area (Å²) in [6, 6.07) is 5.00. The summed E-state index contributed by atoms with van der Waals surface area (Å²) in [5, 5.41) is 14.4. The third-order valence-electron chi connectivity index (χ3n) is 3.78. The third-order valence-corrected chi connectivity index (χ3v) is 4.20. The number of hydrogen-bond donors (Lipinski definition) is 3. The van der Waals surface area contributed by atoms with Gasteiger partial charge in [0, 0.05) is 11.6 Å². The molecule has 2 heterocycles. The summed E-state index contributed by atoms with van der Waals surface area (Å²) in [4.78, 5) is 11.9. The number of hydrogen-bond acceptors (Lipinski definition) is 5. The molecule has 7 nitrogen and oxygen atoms in total. The molecular formula is C16H15BrN4O3. The van der Waals surface area contributed by atoms with E-state index >= 15 is 0 Å². The van der Waals surface area contributed by atoms with Crippen LogP contribution < -0.4 is 11.5 Å². The number of benzene rings is 1. The maximum atomic E-state index is 11.9. The minimum Gasteiger partial charge on any atom is -0.508 e. The van der Waals surface area contributed by atoms with Crippen molar-refractivity contribution in [2.45, 2.75) is 13.8 Å². The molecule has 1 aromatic carbocycles. The Bertz CT molecular complexity index is 959. The largest absolute Gasteiger partial charge is 0.508 e. The topological polar surface area (TPSA) is 120 Å². The number of nitrogens with zero attached hydrogens (tertiary/aromatic N) is 2. The molecule has 1 amide bonds. The van der Waals surface area contributed by atoms with Crippen molar-refractivity contribution in [3.63, 3.8) is 0 Å². The lowest BCUT2D eigenvalue weighted by molar-refractivity contribution is 0.100. The smallest absolute Gasteiger partial charge is 0.254 e. The van der Waals surface area contributed by atoms with Crippen molar-refractivity contribution < 1.29 is 14.3 Å². The number of primary amides is 1. The van der Waals surface area contributed by atoms with Gasteiger partial charge in [-0.2, -0.15) is 5.10 Å². The number of amides is 1. The summed E-state index contributed by atoms with van der Waals surface area (Å²) in [6.45, 7) is 3.60. The molecule has 0 saturated heterocycles. The minimum atomic E-state index is -0.711. The summed E-state index contributed by atoms with van der Waals surface area (Å²) >= 11 is 3.29. The van der Waals surface area contributed by atoms with Crippen molar-refractivity contribution in [3.8, 4) is 22.9 Å². The predicted molar refractivity (Wildman–Crippen MR) is 93.0 cm³/mol. The van der Waals surface area contributed by atoms with Gasteiger partial charge in [0.25, 0.3) is 5.91 Å². The van der Waals surface area contributed by atoms with Crippen LogP contribution in [0, 0.1) is 13.8 Å². The van der Waals surface area contributed by atoms with Gasteiger partial charge in [-0.05, 0) is 41.4 Å². The lowest BCUT2D eigenvalue weighted by Gasteiger charge is -2.12. The number of halogens is 1. The molecule has 24 heavy (non-hydrogen) atoms. The number of phenolic OH excluding ortho intramolecular Hbond substituents is 1. The maximum Gasteiger partial charge on any atom is 0.254 e. The van der Waals surface area contributed by atoms with Crippen LogP contribution in [-0.2, 0) is 0 Å². The highest BCUT2D eigenvalue weighted by molar-refractivity contribution is 9.10. The van der Waals surface area contributed by atoms with Crippen molar-refractivity contribution in [3.05, 3.63) is 45.6 Å². The molecule has 5 N–H and O–H groups in total. The summed E-state index contributed by atoms with van der Waals surface area (Å²) < 4.78 is 7.49. The van der Waals surface area contributed by atoms with E-state index in [9.17, 15) is 9.90 Å². The van der Waals surface area contributed by atoms with Crippen molar-refractivity contribution >= 4 is 27.7 Å². The Morgan fingerprint density at radius 3 is 2.67 bits per heavy atom. The van der Waals surface area contributed by atoms with Gasteiger partial charge in [0.05, 0.1) is 10.2 Å². The molecule has 0 radical (unpaired) electrons. The number of rotatable bonds is 3. The van der Waals surface area contributed by atoms with Crippen LogP contribution >= 0.6 is 15.9 Å². The summed E-state index contributed by atoms with van der Waals surface area (Å²) in [7, 11) is 0. The lowest BCUT2D eigenvalue weighted by atomic mass is 10.1. The Hall–Kier alpha value is -2.74. The Labute approximate surface area is 146 Å². The number of aromatic hydroxyl groups is 1. The fourth-order valence-corrected chi connectivity index (χ4v) is 2.91. The second kappa shape index (κ2) is 5.72. The summed E-state index contributed by atoms with van der Waals surface area (Å²) in [5.41, 5.74) is 13.9. The first-order chi connectivity index (χ1) is 11.3. The van der Waals surface area contributed by atoms with E-state index in [1.54, 1.807) is 25.1 Å². The van der Waals surface area contributed by atoms with Crippen LogP contribution in [0.3, 0.4) is 0 Å². The fraction of sp³-hybridized carbons (Fsp3) is 0.125. The Balaban J connectivity index is 2.32. The quantitative estimate of drug-likeness (QED) is 0.634. The summed E-state index contributed by atoms with van der Waals surface area (Å²) in [6.07, 6.45) is 1.47. The normalized spacial score (nSPS) is 11.0. The zero-order chi connectivity index (χ0) is 17.6. The van der Waals surface area contributed by atoms with E-state index in [4.69, 9.17) is 15.9 Å². The van der Waals surface area contributed by atoms with Crippen LogP contribution in [0.25, 0.3) is 17.1 Å². The average Bonchev–Trinajstić information content (AvgIpc) is 3.08. The van der Waals surface area contributed by atoms with E-state index in [1.807, 2.05) is 6.92 Å². The number of aryl methyl sites for hydroxylation is 1. The van der Waals surface area contributed by atoms with Gasteiger partial charge in [-0.3, -0.25) is 4.79 Å². The van der Waals surface area contributed by atoms with Gasteiger partial charge in [0.2, 0.25) is 0 Å². The van der Waals surface area contributed by atoms with E-state index in [0.29, 0.717) is 21.5 Å². The molecule has 0 aliphatic rings. The predicted octanol–water partition coefficient (Wildman–Crippen LogP) is 2.90. The molecule has 2 aromatic heterocycles. The molecule has 0 saturated carbocycles. The molecular weight excluding hydrogens is 376 g/mol. The first-order valence-electron chi connectivity index (χ1n) is 7.03. The van der Waals surface area contributed by atoms with Gasteiger partial charge in [-0.25, -0.2) is 4.68 Å². The molecule has 0 atom stereocenters. The van der Waals surface area contributed by atoms with Crippen LogP contribution in [0.4, 0.5) is 5.82 Å². The molecule has 0 spiro atoms. The minimum absolute atomic E-state index is 0.0685. The third kappa shape index (κ3) is 2.44. The van der Waals surface area contributed by atoms with Crippen LogP contribution in [0.1, 0.15) is 21.5 Å². The number of nitrogen functional groups attached to an aromatic ring is 1. The van der Waals surface area contributed by atoms with Gasteiger partial charge in [-0.15, -0.1) is 0 Å². The van der Waals surface area contributed by atoms with Crippen LogP contribution in [0.15, 0.2) is 33.4 Å². The van der Waals surface area contributed by atoms with Crippen molar-refractivity contribution in [2.24, 2.45) is 5.73 Å². The Kier molecular flexibility index (Phi) is 3.84. The average molecular weight is 391 g/mol. The van der Waals surface area contributed by atoms with E-state index in [1.165, 1.54) is 10.9 Å². The highest BCUT2D eigenvalue weighted by Gasteiger charge is 2.25. The SMILES string of the molecule is Cc1ccc(O)c(C)c1-n1nc(-c2cc(Br)co2)c(C(N)=O)c1N. The zero-order valence-corrected chi connectivity index (χ0v) is 14.6. The van der Waals surface area contributed by atoms with E-state index < -0.39 is 5.91 Å². The maximum absolute atomic E-state index is 11.9. The van der Waals surface area contributed by atoms with Gasteiger partial charge < -0.3 is 21.0 Å². The zero-order valence-electron chi connectivity index (χ0n) is 13.0. The lowest BCUT2D eigenvalue weighted by Crippen LogP contribution is -2.14. The second-order valence-corrected chi connectivity index (χ2v) is 6.30. The molecule has 124 valence electrons. The number of carbonyl (C=O) groups excluding carboxylic acids is 1. The fourth-order valence-electron chi connectivity index (χ4n) is 2.60. The molecule has 3 aromatic rings. The number of phenols is 1. The molecule has 0 bridgehead atoms. The standard InChI is InChI=1S/C16H15BrN4O3/c1-7-3-4-10(22)8(2)14(7)21-15(18)12(16(19)23)13(20-21)11-5-9(17)6-24-11/h3-6,22H,18H2,1-2H3,(H2,19,23). The van der Waals surface area contributed by atoms with Crippen LogP contribution in [0.2, 0.25) is 0 Å². The van der Waals surface area contributed by atoms with Crippen molar-refractivity contribution in [2.75, 3.05) is 5.73 Å². The van der Waals surface area contributed by atoms with Crippen LogP contribution in [-0.4, -0.2) is 20.8 Å². The van der Waals surface area contributed by atoms with Gasteiger partial charge in [0.1, 0.15) is 29.1 Å². The van der Waals surface area contributed by atoms with E-state index in [2.05, 4.69) is 21.0 Å². The number of nitrogens with two attached hydrogens (primary N) is 2. The molecule has 0 aliphatic heterocycles. The highest BCUT2D eigenvalue weighted by Crippen LogP contribution is 2.34. The second-order valence-electron chi connectivity index (χ2n) is 5.39. The van der Waals surface area contributed by atoms with Crippen molar-refractivity contribution in [1.29, 1.82) is 0 Å².